The first kappa shape index (κ1) is 15.3. The zero-order valence-electron chi connectivity index (χ0n) is 13.7. The maximum Gasteiger partial charge on any atom is 0.223 e. The van der Waals surface area contributed by atoms with Crippen LogP contribution in [-0.2, 0) is 4.79 Å². The molecule has 1 aromatic carbocycles. The zero-order valence-corrected chi connectivity index (χ0v) is 13.7. The molecule has 0 aromatic heterocycles. The number of hydrogen-bond acceptors (Lipinski definition) is 3. The SMILES string of the molecule is CCC(N)c1cc2c(c(C)c1C)OCCC2NC(=O)C1CC1. The molecule has 1 aromatic rings. The van der Waals surface area contributed by atoms with E-state index in [2.05, 4.69) is 32.2 Å². The molecule has 1 aliphatic carbocycles. The first-order valence-electron chi connectivity index (χ1n) is 8.35. The second-order valence-electron chi connectivity index (χ2n) is 6.62. The van der Waals surface area contributed by atoms with Crippen molar-refractivity contribution in [1.29, 1.82) is 0 Å². The molecular formula is C18H26N2O2. The van der Waals surface area contributed by atoms with Gasteiger partial charge in [-0.25, -0.2) is 0 Å². The summed E-state index contributed by atoms with van der Waals surface area (Å²) in [6.07, 6.45) is 3.79. The number of rotatable bonds is 4. The van der Waals surface area contributed by atoms with E-state index in [-0.39, 0.29) is 23.9 Å². The Labute approximate surface area is 132 Å². The number of fused-ring (bicyclic) bond motifs is 1. The van der Waals surface area contributed by atoms with Crippen molar-refractivity contribution in [2.24, 2.45) is 11.7 Å². The van der Waals surface area contributed by atoms with Gasteiger partial charge in [0.25, 0.3) is 0 Å². The van der Waals surface area contributed by atoms with E-state index in [0.717, 1.165) is 42.6 Å². The van der Waals surface area contributed by atoms with Gasteiger partial charge in [-0.05, 0) is 55.9 Å². The lowest BCUT2D eigenvalue weighted by Gasteiger charge is -2.30. The van der Waals surface area contributed by atoms with Crippen LogP contribution in [0, 0.1) is 19.8 Å². The molecule has 0 spiro atoms. The fraction of sp³-hybridized carbons (Fsp3) is 0.611. The summed E-state index contributed by atoms with van der Waals surface area (Å²) in [6, 6.07) is 2.24. The van der Waals surface area contributed by atoms with Gasteiger partial charge in [0.15, 0.2) is 0 Å². The van der Waals surface area contributed by atoms with Gasteiger partial charge in [-0.1, -0.05) is 6.92 Å². The van der Waals surface area contributed by atoms with Crippen LogP contribution in [0.3, 0.4) is 0 Å². The van der Waals surface area contributed by atoms with Gasteiger partial charge in [0.2, 0.25) is 5.91 Å². The fourth-order valence-corrected chi connectivity index (χ4v) is 3.22. The Kier molecular flexibility index (Phi) is 4.13. The van der Waals surface area contributed by atoms with Crippen LogP contribution in [0.25, 0.3) is 0 Å². The lowest BCUT2D eigenvalue weighted by Crippen LogP contribution is -2.33. The maximum absolute atomic E-state index is 12.1. The third-order valence-corrected chi connectivity index (χ3v) is 5.04. The maximum atomic E-state index is 12.1. The van der Waals surface area contributed by atoms with Crippen LogP contribution < -0.4 is 15.8 Å². The predicted octanol–water partition coefficient (Wildman–Crippen LogP) is 3.06. The van der Waals surface area contributed by atoms with Crippen molar-refractivity contribution >= 4 is 5.91 Å². The second-order valence-corrected chi connectivity index (χ2v) is 6.62. The minimum absolute atomic E-state index is 0.0331. The quantitative estimate of drug-likeness (QED) is 0.898. The van der Waals surface area contributed by atoms with Crippen LogP contribution in [0.2, 0.25) is 0 Å². The Morgan fingerprint density at radius 2 is 2.09 bits per heavy atom. The molecule has 22 heavy (non-hydrogen) atoms. The Bertz CT molecular complexity index is 593. The van der Waals surface area contributed by atoms with Gasteiger partial charge < -0.3 is 15.8 Å². The Hall–Kier alpha value is -1.55. The normalized spacial score (nSPS) is 21.7. The van der Waals surface area contributed by atoms with E-state index in [9.17, 15) is 4.79 Å². The standard InChI is InChI=1S/C18H26N2O2/c1-4-15(19)13-9-14-16(20-18(21)12-5-6-12)7-8-22-17(14)11(3)10(13)2/h9,12,15-16H,4-8,19H2,1-3H3,(H,20,21). The number of benzene rings is 1. The molecule has 1 heterocycles. The highest BCUT2D eigenvalue weighted by atomic mass is 16.5. The summed E-state index contributed by atoms with van der Waals surface area (Å²) in [6.45, 7) is 6.95. The molecule has 2 aliphatic rings. The molecule has 3 N–H and O–H groups in total. The van der Waals surface area contributed by atoms with E-state index >= 15 is 0 Å². The van der Waals surface area contributed by atoms with Crippen molar-refractivity contribution in [2.45, 2.75) is 58.5 Å². The topological polar surface area (TPSA) is 64.3 Å². The summed E-state index contributed by atoms with van der Waals surface area (Å²) in [7, 11) is 0. The van der Waals surface area contributed by atoms with E-state index in [1.54, 1.807) is 0 Å². The number of ether oxygens (including phenoxy) is 1. The van der Waals surface area contributed by atoms with E-state index < -0.39 is 0 Å². The van der Waals surface area contributed by atoms with Crippen LogP contribution in [0.4, 0.5) is 0 Å². The van der Waals surface area contributed by atoms with Gasteiger partial charge in [-0.3, -0.25) is 4.79 Å². The molecule has 2 unspecified atom stereocenters. The lowest BCUT2D eigenvalue weighted by atomic mass is 9.88. The zero-order chi connectivity index (χ0) is 15.9. The van der Waals surface area contributed by atoms with E-state index in [4.69, 9.17) is 10.5 Å². The van der Waals surface area contributed by atoms with Crippen molar-refractivity contribution in [3.05, 3.63) is 28.3 Å². The first-order valence-corrected chi connectivity index (χ1v) is 8.35. The Morgan fingerprint density at radius 1 is 1.36 bits per heavy atom. The molecule has 4 heteroatoms. The fourth-order valence-electron chi connectivity index (χ4n) is 3.22. The average Bonchev–Trinajstić information content (AvgIpc) is 3.35. The van der Waals surface area contributed by atoms with Crippen LogP contribution >= 0.6 is 0 Å². The number of nitrogens with one attached hydrogen (secondary N) is 1. The number of carbonyl (C=O) groups is 1. The second kappa shape index (κ2) is 5.92. The third kappa shape index (κ3) is 2.72. The molecule has 0 radical (unpaired) electrons. The molecule has 1 saturated carbocycles. The first-order chi connectivity index (χ1) is 10.5. The summed E-state index contributed by atoms with van der Waals surface area (Å²) in [5, 5.41) is 3.21. The minimum atomic E-state index is 0.0331. The van der Waals surface area contributed by atoms with Gasteiger partial charge in [0, 0.05) is 23.9 Å². The van der Waals surface area contributed by atoms with Crippen molar-refractivity contribution in [1.82, 2.24) is 5.32 Å². The number of amides is 1. The molecule has 4 nitrogen and oxygen atoms in total. The largest absolute Gasteiger partial charge is 0.493 e. The van der Waals surface area contributed by atoms with Crippen LogP contribution in [-0.4, -0.2) is 12.5 Å². The molecular weight excluding hydrogens is 276 g/mol. The summed E-state index contributed by atoms with van der Waals surface area (Å²) in [4.78, 5) is 12.1. The highest BCUT2D eigenvalue weighted by Crippen LogP contribution is 2.40. The molecule has 1 amide bonds. The van der Waals surface area contributed by atoms with Crippen molar-refractivity contribution < 1.29 is 9.53 Å². The van der Waals surface area contributed by atoms with Gasteiger partial charge in [-0.2, -0.15) is 0 Å². The van der Waals surface area contributed by atoms with E-state index in [0.29, 0.717) is 6.61 Å². The Morgan fingerprint density at radius 3 is 2.73 bits per heavy atom. The average molecular weight is 302 g/mol. The molecule has 3 rings (SSSR count). The molecule has 1 aliphatic heterocycles. The molecule has 0 saturated heterocycles. The summed E-state index contributed by atoms with van der Waals surface area (Å²) < 4.78 is 5.90. The third-order valence-electron chi connectivity index (χ3n) is 5.04. The van der Waals surface area contributed by atoms with Gasteiger partial charge in [-0.15, -0.1) is 0 Å². The van der Waals surface area contributed by atoms with Gasteiger partial charge >= 0.3 is 0 Å². The van der Waals surface area contributed by atoms with E-state index in [1.807, 2.05) is 0 Å². The number of nitrogens with two attached hydrogens (primary N) is 1. The smallest absolute Gasteiger partial charge is 0.223 e. The van der Waals surface area contributed by atoms with Crippen LogP contribution in [0.1, 0.15) is 66.9 Å². The minimum Gasteiger partial charge on any atom is -0.493 e. The van der Waals surface area contributed by atoms with Gasteiger partial charge in [0.1, 0.15) is 5.75 Å². The van der Waals surface area contributed by atoms with Crippen LogP contribution in [0.15, 0.2) is 6.07 Å². The predicted molar refractivity (Wildman–Crippen MR) is 86.9 cm³/mol. The molecule has 1 fully saturated rings. The highest BCUT2D eigenvalue weighted by molar-refractivity contribution is 5.81. The summed E-state index contributed by atoms with van der Waals surface area (Å²) >= 11 is 0. The monoisotopic (exact) mass is 302 g/mol. The van der Waals surface area contributed by atoms with Crippen LogP contribution in [0.5, 0.6) is 5.75 Å². The molecule has 120 valence electrons. The summed E-state index contributed by atoms with van der Waals surface area (Å²) in [5.74, 6) is 1.37. The Balaban J connectivity index is 1.96. The van der Waals surface area contributed by atoms with E-state index in [1.165, 1.54) is 11.1 Å². The number of hydrogen-bond donors (Lipinski definition) is 2. The van der Waals surface area contributed by atoms with Crippen molar-refractivity contribution in [2.75, 3.05) is 6.61 Å². The summed E-state index contributed by atoms with van der Waals surface area (Å²) in [5.41, 5.74) is 10.9. The van der Waals surface area contributed by atoms with Gasteiger partial charge in [0.05, 0.1) is 12.6 Å². The number of carbonyl (C=O) groups excluding carboxylic acids is 1. The molecule has 2 atom stereocenters. The van der Waals surface area contributed by atoms with Crippen molar-refractivity contribution in [3.8, 4) is 5.75 Å². The van der Waals surface area contributed by atoms with Crippen molar-refractivity contribution in [3.63, 3.8) is 0 Å². The lowest BCUT2D eigenvalue weighted by molar-refractivity contribution is -0.123. The molecule has 0 bridgehead atoms. The highest BCUT2D eigenvalue weighted by Gasteiger charge is 2.33.